The molecule has 1 saturated heterocycles. The second kappa shape index (κ2) is 8.43. The number of piperazine rings is 1. The van der Waals surface area contributed by atoms with E-state index < -0.39 is 0 Å². The highest BCUT2D eigenvalue weighted by Gasteiger charge is 2.26. The van der Waals surface area contributed by atoms with E-state index in [-0.39, 0.29) is 5.91 Å². The van der Waals surface area contributed by atoms with E-state index in [1.165, 1.54) is 10.5 Å². The van der Waals surface area contributed by atoms with Crippen LogP contribution in [0.4, 0.5) is 0 Å². The maximum absolute atomic E-state index is 12.8. The molecule has 0 aromatic heterocycles. The van der Waals surface area contributed by atoms with Gasteiger partial charge in [-0.2, -0.15) is 0 Å². The maximum Gasteiger partial charge on any atom is 0.258 e. The number of benzene rings is 2. The molecule has 0 saturated carbocycles. The van der Waals surface area contributed by atoms with Crippen molar-refractivity contribution in [2.75, 3.05) is 40.4 Å². The number of halogens is 1. The Labute approximate surface area is 159 Å². The second-order valence-corrected chi connectivity index (χ2v) is 6.85. The minimum Gasteiger partial charge on any atom is -0.497 e. The van der Waals surface area contributed by atoms with Crippen LogP contribution in [0.5, 0.6) is 11.5 Å². The van der Waals surface area contributed by atoms with Crippen LogP contribution in [-0.4, -0.2) is 51.2 Å². The van der Waals surface area contributed by atoms with Crippen molar-refractivity contribution in [3.63, 3.8) is 0 Å². The summed E-state index contributed by atoms with van der Waals surface area (Å²) in [6.07, 6.45) is 0. The maximum atomic E-state index is 12.8. The third kappa shape index (κ3) is 4.29. The molecule has 0 aliphatic carbocycles. The number of rotatable bonds is 5. The average molecular weight is 376 g/mol. The molecule has 1 aliphatic rings. The van der Waals surface area contributed by atoms with Crippen LogP contribution in [0, 0.1) is 0 Å². The van der Waals surface area contributed by atoms with E-state index in [4.69, 9.17) is 21.1 Å². The molecule has 1 aliphatic heterocycles. The number of methoxy groups -OCH3 is 2. The summed E-state index contributed by atoms with van der Waals surface area (Å²) in [5, 5.41) is 0.540. The number of nitrogens with zero attached hydrogens (tertiary/aromatic N) is 1. The van der Waals surface area contributed by atoms with Gasteiger partial charge >= 0.3 is 0 Å². The van der Waals surface area contributed by atoms with Crippen LogP contribution in [0.2, 0.25) is 5.02 Å². The Morgan fingerprint density at radius 1 is 1.08 bits per heavy atom. The zero-order chi connectivity index (χ0) is 18.5. The summed E-state index contributed by atoms with van der Waals surface area (Å²) in [5.74, 6) is 1.41. The second-order valence-electron chi connectivity index (χ2n) is 6.41. The Balaban J connectivity index is 1.59. The quantitative estimate of drug-likeness (QED) is 0.868. The molecule has 138 valence electrons. The summed E-state index contributed by atoms with van der Waals surface area (Å²) >= 11 is 6.05. The standard InChI is InChI=1S/C20H23ClN2O3/c1-25-17-6-3-15(4-7-17)14-22-9-11-23(12-10-22)20(24)18-13-16(21)5-8-19(18)26-2/h3-8,13H,9-12,14H2,1-2H3/p+1. The molecule has 2 aromatic rings. The lowest BCUT2D eigenvalue weighted by Crippen LogP contribution is -3.13. The molecule has 1 heterocycles. The number of amides is 1. The van der Waals surface area contributed by atoms with Crippen LogP contribution in [0.1, 0.15) is 15.9 Å². The first-order chi connectivity index (χ1) is 12.6. The van der Waals surface area contributed by atoms with Gasteiger partial charge in [-0.3, -0.25) is 4.79 Å². The first-order valence-electron chi connectivity index (χ1n) is 8.70. The smallest absolute Gasteiger partial charge is 0.258 e. The molecule has 0 radical (unpaired) electrons. The fraction of sp³-hybridized carbons (Fsp3) is 0.350. The number of carbonyl (C=O) groups excluding carboxylic acids is 1. The molecule has 1 N–H and O–H groups in total. The highest BCUT2D eigenvalue weighted by Crippen LogP contribution is 2.24. The normalized spacial score (nSPS) is 15.0. The number of hydrogen-bond donors (Lipinski definition) is 1. The van der Waals surface area contributed by atoms with Gasteiger partial charge in [0.1, 0.15) is 18.0 Å². The molecule has 26 heavy (non-hydrogen) atoms. The van der Waals surface area contributed by atoms with Gasteiger partial charge in [-0.15, -0.1) is 0 Å². The van der Waals surface area contributed by atoms with Gasteiger partial charge in [0.05, 0.1) is 46.0 Å². The number of quaternary nitrogens is 1. The predicted octanol–water partition coefficient (Wildman–Crippen LogP) is 1.90. The summed E-state index contributed by atoms with van der Waals surface area (Å²) in [5.41, 5.74) is 1.80. The average Bonchev–Trinajstić information content (AvgIpc) is 2.68. The number of ether oxygens (including phenoxy) is 2. The zero-order valence-electron chi connectivity index (χ0n) is 15.1. The lowest BCUT2D eigenvalue weighted by atomic mass is 10.1. The third-order valence-electron chi connectivity index (χ3n) is 4.76. The van der Waals surface area contributed by atoms with Crippen LogP contribution < -0.4 is 14.4 Å². The number of hydrogen-bond acceptors (Lipinski definition) is 3. The molecule has 3 rings (SSSR count). The molecule has 0 atom stereocenters. The van der Waals surface area contributed by atoms with Gasteiger partial charge in [0.2, 0.25) is 0 Å². The molecule has 2 aromatic carbocycles. The van der Waals surface area contributed by atoms with E-state index in [9.17, 15) is 4.79 Å². The van der Waals surface area contributed by atoms with E-state index in [0.29, 0.717) is 16.3 Å². The van der Waals surface area contributed by atoms with E-state index in [0.717, 1.165) is 38.5 Å². The fourth-order valence-electron chi connectivity index (χ4n) is 3.25. The molecule has 0 spiro atoms. The van der Waals surface area contributed by atoms with E-state index in [1.54, 1.807) is 32.4 Å². The Bertz CT molecular complexity index is 756. The molecule has 5 nitrogen and oxygen atoms in total. The van der Waals surface area contributed by atoms with Crippen molar-refractivity contribution in [2.24, 2.45) is 0 Å². The Morgan fingerprint density at radius 3 is 2.38 bits per heavy atom. The van der Waals surface area contributed by atoms with Crippen LogP contribution in [-0.2, 0) is 6.54 Å². The molecule has 6 heteroatoms. The van der Waals surface area contributed by atoms with Gasteiger partial charge in [-0.05, 0) is 42.5 Å². The van der Waals surface area contributed by atoms with E-state index >= 15 is 0 Å². The highest BCUT2D eigenvalue weighted by molar-refractivity contribution is 6.31. The van der Waals surface area contributed by atoms with Crippen molar-refractivity contribution in [2.45, 2.75) is 6.54 Å². The predicted molar refractivity (Wildman–Crippen MR) is 101 cm³/mol. The van der Waals surface area contributed by atoms with Gasteiger partial charge in [0.25, 0.3) is 5.91 Å². The van der Waals surface area contributed by atoms with Crippen molar-refractivity contribution in [1.82, 2.24) is 4.90 Å². The van der Waals surface area contributed by atoms with Crippen molar-refractivity contribution >= 4 is 17.5 Å². The van der Waals surface area contributed by atoms with Gasteiger partial charge in [-0.25, -0.2) is 0 Å². The molecule has 1 amide bonds. The topological polar surface area (TPSA) is 43.2 Å². The van der Waals surface area contributed by atoms with E-state index in [1.807, 2.05) is 17.0 Å². The number of carbonyl (C=O) groups is 1. The van der Waals surface area contributed by atoms with Crippen LogP contribution in [0.15, 0.2) is 42.5 Å². The fourth-order valence-corrected chi connectivity index (χ4v) is 3.42. The summed E-state index contributed by atoms with van der Waals surface area (Å²) in [4.78, 5) is 16.2. The van der Waals surface area contributed by atoms with Crippen LogP contribution in [0.25, 0.3) is 0 Å². The highest BCUT2D eigenvalue weighted by atomic mass is 35.5. The van der Waals surface area contributed by atoms with Gasteiger partial charge in [-0.1, -0.05) is 11.6 Å². The summed E-state index contributed by atoms with van der Waals surface area (Å²) in [7, 11) is 3.24. The van der Waals surface area contributed by atoms with Crippen molar-refractivity contribution in [3.8, 4) is 11.5 Å². The summed E-state index contributed by atoms with van der Waals surface area (Å²) in [6.45, 7) is 4.23. The lowest BCUT2D eigenvalue weighted by Gasteiger charge is -2.32. The molecule has 0 unspecified atom stereocenters. The Hall–Kier alpha value is -2.24. The zero-order valence-corrected chi connectivity index (χ0v) is 15.9. The van der Waals surface area contributed by atoms with Crippen LogP contribution >= 0.6 is 11.6 Å². The minimum absolute atomic E-state index is 0.0205. The monoisotopic (exact) mass is 375 g/mol. The Kier molecular flexibility index (Phi) is 6.01. The SMILES string of the molecule is COc1ccc(C[NH+]2CCN(C(=O)c3cc(Cl)ccc3OC)CC2)cc1. The number of nitrogens with one attached hydrogen (secondary N) is 1. The molecular formula is C20H24ClN2O3+. The first kappa shape index (κ1) is 18.5. The van der Waals surface area contributed by atoms with Crippen molar-refractivity contribution in [1.29, 1.82) is 0 Å². The molecule has 0 bridgehead atoms. The van der Waals surface area contributed by atoms with E-state index in [2.05, 4.69) is 12.1 Å². The lowest BCUT2D eigenvalue weighted by molar-refractivity contribution is -0.917. The molecular weight excluding hydrogens is 352 g/mol. The van der Waals surface area contributed by atoms with Crippen molar-refractivity contribution < 1.29 is 19.2 Å². The van der Waals surface area contributed by atoms with Gasteiger partial charge in [0, 0.05) is 10.6 Å². The summed E-state index contributed by atoms with van der Waals surface area (Å²) < 4.78 is 10.5. The van der Waals surface area contributed by atoms with Crippen LogP contribution in [0.3, 0.4) is 0 Å². The molecule has 1 fully saturated rings. The van der Waals surface area contributed by atoms with Crippen molar-refractivity contribution in [3.05, 3.63) is 58.6 Å². The first-order valence-corrected chi connectivity index (χ1v) is 9.08. The third-order valence-corrected chi connectivity index (χ3v) is 5.00. The van der Waals surface area contributed by atoms with Gasteiger partial charge in [0.15, 0.2) is 0 Å². The Morgan fingerprint density at radius 2 is 1.77 bits per heavy atom. The minimum atomic E-state index is -0.0205. The summed E-state index contributed by atoms with van der Waals surface area (Å²) in [6, 6.07) is 13.3. The largest absolute Gasteiger partial charge is 0.497 e. The van der Waals surface area contributed by atoms with Gasteiger partial charge < -0.3 is 19.3 Å².